The van der Waals surface area contributed by atoms with Crippen LogP contribution in [0.3, 0.4) is 0 Å². The van der Waals surface area contributed by atoms with Gasteiger partial charge < -0.3 is 10.2 Å². The number of phenols is 2. The van der Waals surface area contributed by atoms with Gasteiger partial charge in [0.15, 0.2) is 5.78 Å². The van der Waals surface area contributed by atoms with Crippen molar-refractivity contribution in [2.24, 2.45) is 0 Å². The number of likely N-dealkylation sites (N-methyl/N-ethyl adjacent to an activating group) is 1. The van der Waals surface area contributed by atoms with Crippen LogP contribution >= 0.6 is 0 Å². The smallest absolute Gasteiger partial charge is 0.180 e. The lowest BCUT2D eigenvalue weighted by molar-refractivity contribution is 0.0944. The van der Waals surface area contributed by atoms with Crippen LogP contribution in [0, 0.1) is 0 Å². The number of rotatable bonds is 6. The van der Waals surface area contributed by atoms with Gasteiger partial charge in [-0.2, -0.15) is 0 Å². The zero-order valence-corrected chi connectivity index (χ0v) is 12.0. The van der Waals surface area contributed by atoms with Gasteiger partial charge in [0.05, 0.1) is 12.1 Å². The number of Topliss-reactive ketones (excluding diaryl/α,β-unsaturated/α-hetero) is 1. The minimum Gasteiger partial charge on any atom is -0.508 e. The fraction of sp³-hybridized carbons (Fsp3) is 0.235. The first kappa shape index (κ1) is 15.1. The molecule has 0 bridgehead atoms. The van der Waals surface area contributed by atoms with E-state index in [0.717, 1.165) is 13.0 Å². The van der Waals surface area contributed by atoms with Crippen LogP contribution < -0.4 is 0 Å². The Kier molecular flexibility index (Phi) is 4.95. The number of hydrogen-bond acceptors (Lipinski definition) is 4. The van der Waals surface area contributed by atoms with Gasteiger partial charge in [-0.15, -0.1) is 0 Å². The topological polar surface area (TPSA) is 60.8 Å². The van der Waals surface area contributed by atoms with Crippen LogP contribution in [-0.4, -0.2) is 41.0 Å². The summed E-state index contributed by atoms with van der Waals surface area (Å²) >= 11 is 0. The molecule has 2 aromatic rings. The first-order valence-electron chi connectivity index (χ1n) is 6.84. The van der Waals surface area contributed by atoms with Crippen molar-refractivity contribution >= 4 is 5.78 Å². The zero-order chi connectivity index (χ0) is 15.2. The molecule has 0 spiro atoms. The van der Waals surface area contributed by atoms with Gasteiger partial charge in [-0.05, 0) is 31.2 Å². The Morgan fingerprint density at radius 1 is 1.10 bits per heavy atom. The van der Waals surface area contributed by atoms with Crippen molar-refractivity contribution in [3.05, 3.63) is 59.7 Å². The molecule has 0 aliphatic carbocycles. The van der Waals surface area contributed by atoms with Gasteiger partial charge >= 0.3 is 0 Å². The Labute approximate surface area is 124 Å². The Morgan fingerprint density at radius 2 is 1.81 bits per heavy atom. The Bertz CT molecular complexity index is 611. The molecule has 2 rings (SSSR count). The third-order valence-corrected chi connectivity index (χ3v) is 3.32. The van der Waals surface area contributed by atoms with Crippen molar-refractivity contribution in [3.63, 3.8) is 0 Å². The molecule has 4 heteroatoms. The van der Waals surface area contributed by atoms with Gasteiger partial charge in [0.1, 0.15) is 11.5 Å². The lowest BCUT2D eigenvalue weighted by Gasteiger charge is -2.16. The van der Waals surface area contributed by atoms with E-state index in [1.54, 1.807) is 0 Å². The molecular formula is C17H19NO3. The van der Waals surface area contributed by atoms with Crippen molar-refractivity contribution in [1.29, 1.82) is 0 Å². The van der Waals surface area contributed by atoms with E-state index in [1.807, 2.05) is 30.1 Å². The maximum atomic E-state index is 12.1. The van der Waals surface area contributed by atoms with E-state index in [1.165, 1.54) is 23.8 Å². The summed E-state index contributed by atoms with van der Waals surface area (Å²) in [7, 11) is 1.87. The van der Waals surface area contributed by atoms with E-state index in [9.17, 15) is 15.0 Å². The molecule has 2 N–H and O–H groups in total. The highest BCUT2D eigenvalue weighted by molar-refractivity contribution is 6.00. The van der Waals surface area contributed by atoms with Gasteiger partial charge in [-0.25, -0.2) is 0 Å². The molecule has 0 saturated carbocycles. The first-order chi connectivity index (χ1) is 10.1. The molecule has 0 aliphatic heterocycles. The SMILES string of the molecule is CN(CCc1ccccc1)CC(=O)c1ccc(O)cc1O. The van der Waals surface area contributed by atoms with Crippen LogP contribution in [0.15, 0.2) is 48.5 Å². The summed E-state index contributed by atoms with van der Waals surface area (Å²) in [5.41, 5.74) is 1.46. The number of phenolic OH excluding ortho intramolecular Hbond substituents is 2. The largest absolute Gasteiger partial charge is 0.508 e. The van der Waals surface area contributed by atoms with Gasteiger partial charge in [0.2, 0.25) is 0 Å². The first-order valence-corrected chi connectivity index (χ1v) is 6.84. The van der Waals surface area contributed by atoms with Gasteiger partial charge in [-0.1, -0.05) is 30.3 Å². The summed E-state index contributed by atoms with van der Waals surface area (Å²) in [6.07, 6.45) is 0.867. The van der Waals surface area contributed by atoms with E-state index in [4.69, 9.17) is 0 Å². The summed E-state index contributed by atoms with van der Waals surface area (Å²) in [6.45, 7) is 0.986. The summed E-state index contributed by atoms with van der Waals surface area (Å²) in [5, 5.41) is 18.9. The molecule has 0 radical (unpaired) electrons. The molecule has 110 valence electrons. The third-order valence-electron chi connectivity index (χ3n) is 3.32. The minimum atomic E-state index is -0.184. The number of ketones is 1. The molecule has 0 atom stereocenters. The maximum absolute atomic E-state index is 12.1. The predicted octanol–water partition coefficient (Wildman–Crippen LogP) is 2.46. The quantitative estimate of drug-likeness (QED) is 0.800. The highest BCUT2D eigenvalue weighted by Gasteiger charge is 2.13. The second-order valence-electron chi connectivity index (χ2n) is 5.10. The van der Waals surface area contributed by atoms with Gasteiger partial charge in [-0.3, -0.25) is 9.69 Å². The molecule has 2 aromatic carbocycles. The Hall–Kier alpha value is -2.33. The summed E-state index contributed by atoms with van der Waals surface area (Å²) < 4.78 is 0. The van der Waals surface area contributed by atoms with Crippen molar-refractivity contribution in [2.75, 3.05) is 20.1 Å². The number of carbonyl (C=O) groups excluding carboxylic acids is 1. The lowest BCUT2D eigenvalue weighted by Crippen LogP contribution is -2.28. The average Bonchev–Trinajstić information content (AvgIpc) is 2.46. The lowest BCUT2D eigenvalue weighted by atomic mass is 10.1. The van der Waals surface area contributed by atoms with E-state index >= 15 is 0 Å². The van der Waals surface area contributed by atoms with E-state index in [2.05, 4.69) is 12.1 Å². The molecule has 21 heavy (non-hydrogen) atoms. The molecular weight excluding hydrogens is 266 g/mol. The molecule has 0 saturated heterocycles. The van der Waals surface area contributed by atoms with Gasteiger partial charge in [0, 0.05) is 12.6 Å². The molecule has 0 heterocycles. The molecule has 0 fully saturated rings. The van der Waals surface area contributed by atoms with Crippen LogP contribution in [-0.2, 0) is 6.42 Å². The van der Waals surface area contributed by atoms with Crippen molar-refractivity contribution in [3.8, 4) is 11.5 Å². The van der Waals surface area contributed by atoms with E-state index in [0.29, 0.717) is 0 Å². The zero-order valence-electron chi connectivity index (χ0n) is 12.0. The predicted molar refractivity (Wildman–Crippen MR) is 81.7 cm³/mol. The minimum absolute atomic E-state index is 0.0542. The second-order valence-corrected chi connectivity index (χ2v) is 5.10. The van der Waals surface area contributed by atoms with Crippen LogP contribution in [0.2, 0.25) is 0 Å². The highest BCUT2D eigenvalue weighted by atomic mass is 16.3. The Morgan fingerprint density at radius 3 is 2.48 bits per heavy atom. The Balaban J connectivity index is 1.90. The van der Waals surface area contributed by atoms with Crippen LogP contribution in [0.5, 0.6) is 11.5 Å². The van der Waals surface area contributed by atoms with Crippen molar-refractivity contribution in [2.45, 2.75) is 6.42 Å². The number of nitrogens with zero attached hydrogens (tertiary/aromatic N) is 1. The molecule has 4 nitrogen and oxygen atoms in total. The third kappa shape index (κ3) is 4.33. The summed E-state index contributed by atoms with van der Waals surface area (Å²) in [4.78, 5) is 14.0. The fourth-order valence-corrected chi connectivity index (χ4v) is 2.13. The average molecular weight is 285 g/mol. The fourth-order valence-electron chi connectivity index (χ4n) is 2.13. The number of benzene rings is 2. The van der Waals surface area contributed by atoms with E-state index < -0.39 is 0 Å². The van der Waals surface area contributed by atoms with Crippen LogP contribution in [0.1, 0.15) is 15.9 Å². The summed E-state index contributed by atoms with van der Waals surface area (Å²) in [5.74, 6) is -0.402. The maximum Gasteiger partial charge on any atom is 0.180 e. The van der Waals surface area contributed by atoms with E-state index in [-0.39, 0.29) is 29.4 Å². The van der Waals surface area contributed by atoms with Gasteiger partial charge in [0.25, 0.3) is 0 Å². The van der Waals surface area contributed by atoms with Crippen LogP contribution in [0.25, 0.3) is 0 Å². The number of hydrogen-bond donors (Lipinski definition) is 2. The normalized spacial score (nSPS) is 10.8. The van der Waals surface area contributed by atoms with Crippen molar-refractivity contribution in [1.82, 2.24) is 4.90 Å². The summed E-state index contributed by atoms with van der Waals surface area (Å²) in [6, 6.07) is 14.1. The number of aromatic hydroxyl groups is 2. The molecule has 0 aromatic heterocycles. The van der Waals surface area contributed by atoms with Crippen molar-refractivity contribution < 1.29 is 15.0 Å². The molecule has 0 amide bonds. The monoisotopic (exact) mass is 285 g/mol. The molecule has 0 unspecified atom stereocenters. The number of carbonyl (C=O) groups is 1. The highest BCUT2D eigenvalue weighted by Crippen LogP contribution is 2.23. The second kappa shape index (κ2) is 6.90. The van der Waals surface area contributed by atoms with Crippen LogP contribution in [0.4, 0.5) is 0 Å². The molecule has 0 aliphatic rings. The standard InChI is InChI=1S/C17H19NO3/c1-18(10-9-13-5-3-2-4-6-13)12-17(21)15-8-7-14(19)11-16(15)20/h2-8,11,19-20H,9-10,12H2,1H3.